The summed E-state index contributed by atoms with van der Waals surface area (Å²) in [6, 6.07) is 25.6. The molecule has 4 aromatic carbocycles. The maximum absolute atomic E-state index is 12.6. The largest absolute Gasteiger partial charge is 0.493 e. The van der Waals surface area contributed by atoms with Crippen LogP contribution in [0.2, 0.25) is 5.02 Å². The van der Waals surface area contributed by atoms with Crippen LogP contribution in [0.5, 0.6) is 11.5 Å². The fourth-order valence-corrected chi connectivity index (χ4v) is 3.81. The van der Waals surface area contributed by atoms with Gasteiger partial charge in [-0.3, -0.25) is 9.59 Å². The zero-order valence-corrected chi connectivity index (χ0v) is 23.0. The molecule has 4 aromatic rings. The summed E-state index contributed by atoms with van der Waals surface area (Å²) in [6.45, 7) is 1.91. The number of hydrogen-bond acceptors (Lipinski definition) is 6. The van der Waals surface area contributed by atoms with Gasteiger partial charge in [0, 0.05) is 27.9 Å². The number of carbonyl (C=O) groups is 3. The number of esters is 1. The van der Waals surface area contributed by atoms with Gasteiger partial charge in [0.2, 0.25) is 0 Å². The van der Waals surface area contributed by atoms with E-state index in [2.05, 4.69) is 15.8 Å². The Morgan fingerprint density at radius 2 is 1.51 bits per heavy atom. The Morgan fingerprint density at radius 3 is 2.24 bits per heavy atom. The molecule has 0 atom stereocenters. The highest BCUT2D eigenvalue weighted by Gasteiger charge is 2.11. The summed E-state index contributed by atoms with van der Waals surface area (Å²) in [7, 11) is 1.45. The number of nitrogens with zero attached hydrogens (tertiary/aromatic N) is 1. The number of benzene rings is 4. The monoisotopic (exact) mass is 567 g/mol. The van der Waals surface area contributed by atoms with Crippen LogP contribution >= 0.6 is 11.6 Å². The molecule has 0 aliphatic carbocycles. The number of methoxy groups -OCH3 is 1. The number of aryl methyl sites for hydroxylation is 1. The van der Waals surface area contributed by atoms with Gasteiger partial charge in [0.25, 0.3) is 11.8 Å². The third-order valence-electron chi connectivity index (χ3n) is 5.72. The zero-order chi connectivity index (χ0) is 29.2. The second-order valence-corrected chi connectivity index (χ2v) is 9.26. The Kier molecular flexibility index (Phi) is 9.64. The molecule has 0 radical (unpaired) electrons. The highest BCUT2D eigenvalue weighted by atomic mass is 35.5. The maximum atomic E-state index is 12.6. The minimum Gasteiger partial charge on any atom is -0.493 e. The van der Waals surface area contributed by atoms with Crippen molar-refractivity contribution in [1.82, 2.24) is 5.43 Å². The van der Waals surface area contributed by atoms with Gasteiger partial charge in [-0.1, -0.05) is 47.5 Å². The Bertz CT molecular complexity index is 1630. The fourth-order valence-electron chi connectivity index (χ4n) is 3.69. The molecular weight excluding hydrogens is 542 g/mol. The van der Waals surface area contributed by atoms with Crippen molar-refractivity contribution in [1.29, 1.82) is 0 Å². The van der Waals surface area contributed by atoms with Gasteiger partial charge >= 0.3 is 5.97 Å². The van der Waals surface area contributed by atoms with E-state index >= 15 is 0 Å². The zero-order valence-electron chi connectivity index (χ0n) is 22.3. The summed E-state index contributed by atoms with van der Waals surface area (Å²) < 4.78 is 10.7. The van der Waals surface area contributed by atoms with Crippen molar-refractivity contribution in [3.8, 4) is 11.5 Å². The average Bonchev–Trinajstić information content (AvgIpc) is 2.97. The third-order valence-corrected chi connectivity index (χ3v) is 5.97. The molecule has 41 heavy (non-hydrogen) atoms. The van der Waals surface area contributed by atoms with E-state index in [0.717, 1.165) is 11.1 Å². The van der Waals surface area contributed by atoms with Gasteiger partial charge < -0.3 is 14.8 Å². The van der Waals surface area contributed by atoms with E-state index in [1.165, 1.54) is 19.4 Å². The molecule has 0 bridgehead atoms. The molecule has 0 unspecified atom stereocenters. The summed E-state index contributed by atoms with van der Waals surface area (Å²) in [5.41, 5.74) is 6.14. The van der Waals surface area contributed by atoms with Crippen molar-refractivity contribution >= 4 is 47.4 Å². The topological polar surface area (TPSA) is 106 Å². The van der Waals surface area contributed by atoms with Crippen LogP contribution < -0.4 is 20.2 Å². The van der Waals surface area contributed by atoms with Crippen molar-refractivity contribution < 1.29 is 23.9 Å². The lowest BCUT2D eigenvalue weighted by molar-refractivity contribution is -0.129. The maximum Gasteiger partial charge on any atom is 0.336 e. The smallest absolute Gasteiger partial charge is 0.336 e. The summed E-state index contributed by atoms with van der Waals surface area (Å²) in [5.74, 6) is -0.776. The highest BCUT2D eigenvalue weighted by molar-refractivity contribution is 6.30. The second-order valence-electron chi connectivity index (χ2n) is 8.82. The Balaban J connectivity index is 1.35. The van der Waals surface area contributed by atoms with E-state index in [1.54, 1.807) is 84.9 Å². The van der Waals surface area contributed by atoms with Crippen molar-refractivity contribution in [3.05, 3.63) is 130 Å². The molecule has 0 heterocycles. The standard InChI is InChI=1S/C32H26ClN3O5/c1-21-5-3-6-24(17-21)31(38)35-27-8-4-7-25(19-27)32(39)36-34-20-23-11-15-28(29(18-23)40-2)41-30(37)16-12-22-9-13-26(33)14-10-22/h3-20H,1-2H3,(H,35,38)(H,36,39)/b16-12+,34-20?. The lowest BCUT2D eigenvalue weighted by atomic mass is 10.1. The molecule has 2 amide bonds. The minimum absolute atomic E-state index is 0.226. The van der Waals surface area contributed by atoms with Crippen LogP contribution in [-0.4, -0.2) is 31.1 Å². The molecule has 0 aromatic heterocycles. The van der Waals surface area contributed by atoms with E-state index < -0.39 is 11.9 Å². The molecule has 8 nitrogen and oxygen atoms in total. The Hall–Kier alpha value is -5.21. The molecular formula is C32H26ClN3O5. The van der Waals surface area contributed by atoms with Crippen LogP contribution in [0.1, 0.15) is 37.4 Å². The van der Waals surface area contributed by atoms with E-state index in [4.69, 9.17) is 21.1 Å². The lowest BCUT2D eigenvalue weighted by Gasteiger charge is -2.09. The normalized spacial score (nSPS) is 10.9. The molecule has 0 aliphatic heterocycles. The SMILES string of the molecule is COc1cc(C=NNC(=O)c2cccc(NC(=O)c3cccc(C)c3)c2)ccc1OC(=O)/C=C/c1ccc(Cl)cc1. The number of anilines is 1. The molecule has 9 heteroatoms. The molecule has 0 fully saturated rings. The predicted molar refractivity (Wildman–Crippen MR) is 160 cm³/mol. The minimum atomic E-state index is -0.579. The van der Waals surface area contributed by atoms with Crippen LogP contribution in [0.3, 0.4) is 0 Å². The fraction of sp³-hybridized carbons (Fsp3) is 0.0625. The van der Waals surface area contributed by atoms with Crippen molar-refractivity contribution in [2.45, 2.75) is 6.92 Å². The van der Waals surface area contributed by atoms with E-state index in [0.29, 0.717) is 33.1 Å². The van der Waals surface area contributed by atoms with Crippen molar-refractivity contribution in [2.24, 2.45) is 5.10 Å². The Morgan fingerprint density at radius 1 is 0.805 bits per heavy atom. The first-order valence-electron chi connectivity index (χ1n) is 12.5. The van der Waals surface area contributed by atoms with Gasteiger partial charge in [-0.25, -0.2) is 10.2 Å². The van der Waals surface area contributed by atoms with Gasteiger partial charge in [-0.15, -0.1) is 0 Å². The van der Waals surface area contributed by atoms with Crippen LogP contribution in [0, 0.1) is 6.92 Å². The summed E-state index contributed by atoms with van der Waals surface area (Å²) in [6.07, 6.45) is 4.34. The molecule has 0 saturated heterocycles. The van der Waals surface area contributed by atoms with E-state index in [9.17, 15) is 14.4 Å². The molecule has 2 N–H and O–H groups in total. The van der Waals surface area contributed by atoms with Gasteiger partial charge in [0.1, 0.15) is 0 Å². The Labute approximate surface area is 242 Å². The van der Waals surface area contributed by atoms with Crippen molar-refractivity contribution in [2.75, 3.05) is 12.4 Å². The van der Waals surface area contributed by atoms with Crippen LogP contribution in [0.4, 0.5) is 5.69 Å². The first kappa shape index (κ1) is 28.8. The summed E-state index contributed by atoms with van der Waals surface area (Å²) >= 11 is 5.87. The van der Waals surface area contributed by atoms with Crippen LogP contribution in [0.25, 0.3) is 6.08 Å². The quantitative estimate of drug-likeness (QED) is 0.0812. The number of rotatable bonds is 9. The molecule has 4 rings (SSSR count). The number of hydrogen-bond donors (Lipinski definition) is 2. The van der Waals surface area contributed by atoms with Gasteiger partial charge in [-0.05, 0) is 84.8 Å². The number of halogens is 1. The molecule has 0 saturated carbocycles. The second kappa shape index (κ2) is 13.7. The van der Waals surface area contributed by atoms with Crippen LogP contribution in [0.15, 0.2) is 102 Å². The molecule has 206 valence electrons. The third kappa shape index (κ3) is 8.39. The molecule has 0 spiro atoms. The van der Waals surface area contributed by atoms with Gasteiger partial charge in [0.15, 0.2) is 11.5 Å². The van der Waals surface area contributed by atoms with E-state index in [-0.39, 0.29) is 11.7 Å². The summed E-state index contributed by atoms with van der Waals surface area (Å²) in [4.78, 5) is 37.4. The number of nitrogens with one attached hydrogen (secondary N) is 2. The number of hydrazone groups is 1. The highest BCUT2D eigenvalue weighted by Crippen LogP contribution is 2.28. The molecule has 0 aliphatic rings. The predicted octanol–water partition coefficient (Wildman–Crippen LogP) is 6.29. The van der Waals surface area contributed by atoms with Crippen LogP contribution in [-0.2, 0) is 4.79 Å². The lowest BCUT2D eigenvalue weighted by Crippen LogP contribution is -2.18. The summed E-state index contributed by atoms with van der Waals surface area (Å²) in [5, 5.41) is 7.40. The number of ether oxygens (including phenoxy) is 2. The first-order chi connectivity index (χ1) is 19.8. The van der Waals surface area contributed by atoms with Crippen molar-refractivity contribution in [3.63, 3.8) is 0 Å². The first-order valence-corrected chi connectivity index (χ1v) is 12.8. The average molecular weight is 568 g/mol. The van der Waals surface area contributed by atoms with Gasteiger partial charge in [-0.2, -0.15) is 5.10 Å². The van der Waals surface area contributed by atoms with Gasteiger partial charge in [0.05, 0.1) is 13.3 Å². The number of carbonyl (C=O) groups excluding carboxylic acids is 3. The number of amides is 2. The van der Waals surface area contributed by atoms with E-state index in [1.807, 2.05) is 19.1 Å².